The van der Waals surface area contributed by atoms with Crippen molar-refractivity contribution in [2.24, 2.45) is 11.1 Å². The van der Waals surface area contributed by atoms with Gasteiger partial charge in [-0.05, 0) is 30.5 Å². The van der Waals surface area contributed by atoms with Crippen LogP contribution < -0.4 is 20.5 Å². The number of methoxy groups -OCH3 is 2. The number of aryl methyl sites for hydroxylation is 1. The van der Waals surface area contributed by atoms with Gasteiger partial charge in [0.25, 0.3) is 0 Å². The van der Waals surface area contributed by atoms with Crippen molar-refractivity contribution in [3.05, 3.63) is 23.3 Å². The fourth-order valence-corrected chi connectivity index (χ4v) is 1.88. The van der Waals surface area contributed by atoms with E-state index >= 15 is 0 Å². The van der Waals surface area contributed by atoms with Crippen molar-refractivity contribution >= 4 is 0 Å². The lowest BCUT2D eigenvalue weighted by Crippen LogP contribution is -2.35. The second-order valence-electron chi connectivity index (χ2n) is 5.60. The van der Waals surface area contributed by atoms with Gasteiger partial charge in [0.2, 0.25) is 0 Å². The fraction of sp³-hybridized carbons (Fsp3) is 0.600. The summed E-state index contributed by atoms with van der Waals surface area (Å²) in [6.07, 6.45) is 0. The van der Waals surface area contributed by atoms with Crippen LogP contribution >= 0.6 is 0 Å². The second-order valence-corrected chi connectivity index (χ2v) is 5.60. The van der Waals surface area contributed by atoms with E-state index in [0.717, 1.165) is 35.7 Å². The Hall–Kier alpha value is -1.26. The van der Waals surface area contributed by atoms with Gasteiger partial charge in [0.1, 0.15) is 11.5 Å². The Balaban J connectivity index is 2.78. The summed E-state index contributed by atoms with van der Waals surface area (Å²) in [7, 11) is 3.34. The van der Waals surface area contributed by atoms with E-state index in [1.165, 1.54) is 0 Å². The largest absolute Gasteiger partial charge is 0.497 e. The van der Waals surface area contributed by atoms with E-state index in [-0.39, 0.29) is 5.41 Å². The molecule has 0 spiro atoms. The molecule has 1 aromatic rings. The molecule has 0 fully saturated rings. The monoisotopic (exact) mass is 266 g/mol. The number of hydrogen-bond donors (Lipinski definition) is 2. The van der Waals surface area contributed by atoms with E-state index in [1.54, 1.807) is 14.2 Å². The van der Waals surface area contributed by atoms with Crippen molar-refractivity contribution in [3.63, 3.8) is 0 Å². The molecule has 0 aliphatic rings. The van der Waals surface area contributed by atoms with Crippen molar-refractivity contribution in [2.75, 3.05) is 27.3 Å². The lowest BCUT2D eigenvalue weighted by atomic mass is 9.94. The van der Waals surface area contributed by atoms with E-state index in [9.17, 15) is 0 Å². The molecule has 0 aliphatic heterocycles. The molecule has 0 amide bonds. The molecule has 0 saturated heterocycles. The molecule has 0 saturated carbocycles. The third-order valence-electron chi connectivity index (χ3n) is 3.32. The predicted octanol–water partition coefficient (Wildman–Crippen LogP) is 2.09. The number of nitrogens with one attached hydrogen (secondary N) is 1. The van der Waals surface area contributed by atoms with Crippen molar-refractivity contribution in [1.29, 1.82) is 0 Å². The summed E-state index contributed by atoms with van der Waals surface area (Å²) < 4.78 is 10.7. The summed E-state index contributed by atoms with van der Waals surface area (Å²) in [5.74, 6) is 1.68. The fourth-order valence-electron chi connectivity index (χ4n) is 1.88. The highest BCUT2D eigenvalue weighted by Gasteiger charge is 2.16. The molecule has 4 nitrogen and oxygen atoms in total. The molecule has 0 atom stereocenters. The van der Waals surface area contributed by atoms with Gasteiger partial charge >= 0.3 is 0 Å². The maximum atomic E-state index is 5.73. The highest BCUT2D eigenvalue weighted by molar-refractivity contribution is 5.46. The van der Waals surface area contributed by atoms with E-state index in [4.69, 9.17) is 15.2 Å². The minimum Gasteiger partial charge on any atom is -0.497 e. The lowest BCUT2D eigenvalue weighted by Gasteiger charge is -2.23. The zero-order valence-corrected chi connectivity index (χ0v) is 12.7. The maximum Gasteiger partial charge on any atom is 0.127 e. The molecule has 0 heterocycles. The summed E-state index contributed by atoms with van der Waals surface area (Å²) in [6, 6.07) is 3.94. The highest BCUT2D eigenvalue weighted by Crippen LogP contribution is 2.28. The Morgan fingerprint density at radius 3 is 2.42 bits per heavy atom. The Morgan fingerprint density at radius 1 is 1.21 bits per heavy atom. The van der Waals surface area contributed by atoms with Gasteiger partial charge in [-0.1, -0.05) is 13.8 Å². The normalized spacial score (nSPS) is 11.5. The van der Waals surface area contributed by atoms with Crippen LogP contribution in [0.15, 0.2) is 12.1 Å². The van der Waals surface area contributed by atoms with Crippen LogP contribution in [0.2, 0.25) is 0 Å². The second kappa shape index (κ2) is 6.78. The molecule has 0 unspecified atom stereocenters. The third kappa shape index (κ3) is 4.40. The highest BCUT2D eigenvalue weighted by atomic mass is 16.5. The molecule has 0 aromatic heterocycles. The molecule has 0 bridgehead atoms. The smallest absolute Gasteiger partial charge is 0.127 e. The summed E-state index contributed by atoms with van der Waals surface area (Å²) in [5, 5.41) is 3.45. The van der Waals surface area contributed by atoms with E-state index in [2.05, 4.69) is 26.1 Å². The van der Waals surface area contributed by atoms with Crippen LogP contribution in [0.4, 0.5) is 0 Å². The summed E-state index contributed by atoms with van der Waals surface area (Å²) in [4.78, 5) is 0. The van der Waals surface area contributed by atoms with Crippen LogP contribution in [0, 0.1) is 12.3 Å². The van der Waals surface area contributed by atoms with Crippen molar-refractivity contribution in [3.8, 4) is 11.5 Å². The lowest BCUT2D eigenvalue weighted by molar-refractivity contribution is 0.347. The quantitative estimate of drug-likeness (QED) is 0.793. The van der Waals surface area contributed by atoms with E-state index in [0.29, 0.717) is 6.54 Å². The van der Waals surface area contributed by atoms with E-state index in [1.807, 2.05) is 12.1 Å². The molecule has 1 rings (SSSR count). The van der Waals surface area contributed by atoms with Gasteiger partial charge in [-0.25, -0.2) is 0 Å². The third-order valence-corrected chi connectivity index (χ3v) is 3.32. The van der Waals surface area contributed by atoms with Gasteiger partial charge in [0.05, 0.1) is 14.2 Å². The number of ether oxygens (including phenoxy) is 2. The minimum absolute atomic E-state index is 0.105. The van der Waals surface area contributed by atoms with Gasteiger partial charge < -0.3 is 20.5 Å². The SMILES string of the molecule is COc1cc(C)c(CNCC(C)(C)CN)c(OC)c1. The van der Waals surface area contributed by atoms with Crippen LogP contribution in [0.25, 0.3) is 0 Å². The first kappa shape index (κ1) is 15.8. The van der Waals surface area contributed by atoms with Crippen LogP contribution in [-0.4, -0.2) is 27.3 Å². The average molecular weight is 266 g/mol. The molecule has 1 aromatic carbocycles. The molecular formula is C15H26N2O2. The van der Waals surface area contributed by atoms with Gasteiger partial charge in [-0.15, -0.1) is 0 Å². The van der Waals surface area contributed by atoms with Gasteiger partial charge in [0.15, 0.2) is 0 Å². The Bertz CT molecular complexity index is 417. The Morgan fingerprint density at radius 2 is 1.89 bits per heavy atom. The zero-order valence-electron chi connectivity index (χ0n) is 12.7. The molecule has 108 valence electrons. The topological polar surface area (TPSA) is 56.5 Å². The molecule has 0 radical (unpaired) electrons. The first-order valence-corrected chi connectivity index (χ1v) is 6.56. The number of hydrogen-bond acceptors (Lipinski definition) is 4. The van der Waals surface area contributed by atoms with E-state index < -0.39 is 0 Å². The predicted molar refractivity (Wildman–Crippen MR) is 78.8 cm³/mol. The number of nitrogens with two attached hydrogens (primary N) is 1. The van der Waals surface area contributed by atoms with Crippen molar-refractivity contribution in [2.45, 2.75) is 27.3 Å². The Labute approximate surface area is 116 Å². The zero-order chi connectivity index (χ0) is 14.5. The van der Waals surface area contributed by atoms with Gasteiger partial charge in [0, 0.05) is 24.7 Å². The molecule has 0 aliphatic carbocycles. The van der Waals surface area contributed by atoms with Crippen molar-refractivity contribution < 1.29 is 9.47 Å². The summed E-state index contributed by atoms with van der Waals surface area (Å²) >= 11 is 0. The maximum absolute atomic E-state index is 5.73. The first-order chi connectivity index (χ1) is 8.93. The number of benzene rings is 1. The molecule has 4 heteroatoms. The molecule has 3 N–H and O–H groups in total. The summed E-state index contributed by atoms with van der Waals surface area (Å²) in [5.41, 5.74) is 8.16. The van der Waals surface area contributed by atoms with Crippen LogP contribution in [0.3, 0.4) is 0 Å². The average Bonchev–Trinajstić information content (AvgIpc) is 2.39. The van der Waals surface area contributed by atoms with Gasteiger partial charge in [-0.3, -0.25) is 0 Å². The van der Waals surface area contributed by atoms with Crippen LogP contribution in [0.1, 0.15) is 25.0 Å². The van der Waals surface area contributed by atoms with Crippen molar-refractivity contribution in [1.82, 2.24) is 5.32 Å². The van der Waals surface area contributed by atoms with Gasteiger partial charge in [-0.2, -0.15) is 0 Å². The number of rotatable bonds is 7. The Kier molecular flexibility index (Phi) is 5.63. The molecular weight excluding hydrogens is 240 g/mol. The molecule has 19 heavy (non-hydrogen) atoms. The first-order valence-electron chi connectivity index (χ1n) is 6.56. The minimum atomic E-state index is 0.105. The standard InChI is InChI=1S/C15H26N2O2/c1-11-6-12(18-4)7-14(19-5)13(11)8-17-10-15(2,3)9-16/h6-7,17H,8-10,16H2,1-5H3. The van der Waals surface area contributed by atoms with Crippen LogP contribution in [-0.2, 0) is 6.54 Å². The summed E-state index contributed by atoms with van der Waals surface area (Å²) in [6.45, 7) is 8.67. The van der Waals surface area contributed by atoms with Crippen LogP contribution in [0.5, 0.6) is 11.5 Å².